The molecule has 0 bridgehead atoms. The maximum absolute atomic E-state index is 9.87. The van der Waals surface area contributed by atoms with Crippen LogP contribution >= 0.6 is 12.4 Å². The molecule has 0 saturated carbocycles. The van der Waals surface area contributed by atoms with Crippen molar-refractivity contribution in [2.75, 3.05) is 32.7 Å². The Bertz CT molecular complexity index is 346. The van der Waals surface area contributed by atoms with E-state index in [0.717, 1.165) is 13.2 Å². The molecule has 1 heterocycles. The third-order valence-electron chi connectivity index (χ3n) is 2.00. The van der Waals surface area contributed by atoms with Crippen molar-refractivity contribution in [2.24, 2.45) is 0 Å². The van der Waals surface area contributed by atoms with Gasteiger partial charge in [0.1, 0.15) is 0 Å². The molecule has 0 fully saturated rings. The molecule has 0 aromatic carbocycles. The van der Waals surface area contributed by atoms with Crippen LogP contribution in [0.2, 0.25) is 0 Å². The fraction of sp³-hybridized carbons (Fsp3) is 0.600. The van der Waals surface area contributed by atoms with Gasteiger partial charge in [-0.25, -0.2) is 0 Å². The highest BCUT2D eigenvalue weighted by Gasteiger charge is 2.05. The van der Waals surface area contributed by atoms with Gasteiger partial charge in [0.05, 0.1) is 19.0 Å². The summed E-state index contributed by atoms with van der Waals surface area (Å²) in [4.78, 5) is 4.26. The van der Waals surface area contributed by atoms with E-state index in [4.69, 9.17) is 4.55 Å². The molecule has 0 atom stereocenters. The van der Waals surface area contributed by atoms with Gasteiger partial charge in [-0.05, 0) is 13.1 Å². The number of hydrogen-bond donors (Lipinski definition) is 1. The van der Waals surface area contributed by atoms with Crippen molar-refractivity contribution in [3.8, 4) is 0 Å². The molecule has 18 heavy (non-hydrogen) atoms. The second-order valence-electron chi connectivity index (χ2n) is 3.32. The summed E-state index contributed by atoms with van der Waals surface area (Å²) in [5, 5.41) is 0. The van der Waals surface area contributed by atoms with Gasteiger partial charge in [-0.1, -0.05) is 6.58 Å². The third kappa shape index (κ3) is 10.4. The van der Waals surface area contributed by atoms with Crippen LogP contribution in [0.5, 0.6) is 0 Å². The standard InChI is InChI=1S/C7H12N2.C3H8O4S.ClH/c1-3-8-5-6-9(4-2)7-8;1-7-2-3-8(4,5)6;/h3,5-6H,1,4,7H2,2H3;2-3H2,1H3,(H,4,5,6);1H. The minimum atomic E-state index is -3.81. The maximum atomic E-state index is 9.87. The topological polar surface area (TPSA) is 70.1 Å². The molecule has 1 aliphatic heterocycles. The highest BCUT2D eigenvalue weighted by Crippen LogP contribution is 2.04. The molecule has 8 heteroatoms. The second kappa shape index (κ2) is 10.2. The quantitative estimate of drug-likeness (QED) is 0.768. The van der Waals surface area contributed by atoms with Gasteiger partial charge < -0.3 is 14.5 Å². The van der Waals surface area contributed by atoms with Crippen molar-refractivity contribution in [3.05, 3.63) is 25.2 Å². The van der Waals surface area contributed by atoms with Crippen molar-refractivity contribution < 1.29 is 17.7 Å². The molecule has 1 N–H and O–H groups in total. The number of halogens is 1. The van der Waals surface area contributed by atoms with Crippen LogP contribution in [0.4, 0.5) is 0 Å². The molecule has 0 radical (unpaired) electrons. The van der Waals surface area contributed by atoms with E-state index >= 15 is 0 Å². The number of methoxy groups -OCH3 is 1. The smallest absolute Gasteiger partial charge is 0.267 e. The van der Waals surface area contributed by atoms with Crippen molar-refractivity contribution in [3.63, 3.8) is 0 Å². The summed E-state index contributed by atoms with van der Waals surface area (Å²) in [5.74, 6) is -0.330. The first-order chi connectivity index (χ1) is 7.92. The van der Waals surface area contributed by atoms with E-state index in [1.54, 1.807) is 0 Å². The van der Waals surface area contributed by atoms with Crippen LogP contribution in [0.25, 0.3) is 0 Å². The fourth-order valence-corrected chi connectivity index (χ4v) is 1.37. The zero-order valence-corrected chi connectivity index (χ0v) is 12.3. The number of rotatable bonds is 5. The number of hydrogen-bond acceptors (Lipinski definition) is 5. The molecule has 0 saturated heterocycles. The largest absolute Gasteiger partial charge is 0.384 e. The molecule has 1 rings (SSSR count). The van der Waals surface area contributed by atoms with Gasteiger partial charge in [0.15, 0.2) is 0 Å². The summed E-state index contributed by atoms with van der Waals surface area (Å²) in [6.07, 6.45) is 5.92. The Morgan fingerprint density at radius 2 is 2.11 bits per heavy atom. The van der Waals surface area contributed by atoms with E-state index in [1.165, 1.54) is 7.11 Å². The highest BCUT2D eigenvalue weighted by atomic mass is 35.5. The summed E-state index contributed by atoms with van der Waals surface area (Å²) in [6, 6.07) is 0. The van der Waals surface area contributed by atoms with Crippen LogP contribution in [0, 0.1) is 0 Å². The minimum Gasteiger partial charge on any atom is -0.384 e. The Morgan fingerprint density at radius 1 is 1.50 bits per heavy atom. The van der Waals surface area contributed by atoms with Gasteiger partial charge in [-0.2, -0.15) is 8.42 Å². The van der Waals surface area contributed by atoms with Crippen LogP contribution < -0.4 is 0 Å². The molecule has 0 aromatic heterocycles. The molecule has 6 nitrogen and oxygen atoms in total. The van der Waals surface area contributed by atoms with Gasteiger partial charge in [-0.3, -0.25) is 4.55 Å². The Hall–Kier alpha value is -0.760. The van der Waals surface area contributed by atoms with Crippen LogP contribution in [0.15, 0.2) is 25.2 Å². The van der Waals surface area contributed by atoms with E-state index in [9.17, 15) is 8.42 Å². The molecule has 0 amide bonds. The Kier molecular flexibility index (Phi) is 11.1. The fourth-order valence-electron chi connectivity index (χ4n) is 0.997. The first kappa shape index (κ1) is 19.6. The van der Waals surface area contributed by atoms with Gasteiger partial charge in [0, 0.05) is 26.1 Å². The average Bonchev–Trinajstić information content (AvgIpc) is 2.74. The van der Waals surface area contributed by atoms with Crippen molar-refractivity contribution in [1.29, 1.82) is 0 Å². The lowest BCUT2D eigenvalue weighted by atomic mass is 10.6. The minimum absolute atomic E-state index is 0. The van der Waals surface area contributed by atoms with Gasteiger partial charge in [0.25, 0.3) is 10.1 Å². The Balaban J connectivity index is 0. The SMILES string of the molecule is C=CN1C=CN(CC)C1.COCCS(=O)(=O)O.Cl. The van der Waals surface area contributed by atoms with Crippen LogP contribution in [0.1, 0.15) is 6.92 Å². The molecular formula is C10H21ClN2O4S. The summed E-state index contributed by atoms with van der Waals surface area (Å²) < 4.78 is 32.2. The molecule has 0 aliphatic carbocycles. The molecule has 0 unspecified atom stereocenters. The molecule has 1 aliphatic rings. The van der Waals surface area contributed by atoms with Crippen molar-refractivity contribution >= 4 is 22.5 Å². The van der Waals surface area contributed by atoms with Crippen molar-refractivity contribution in [1.82, 2.24) is 9.80 Å². The van der Waals surface area contributed by atoms with E-state index in [0.29, 0.717) is 0 Å². The van der Waals surface area contributed by atoms with Crippen LogP contribution in [-0.4, -0.2) is 55.5 Å². The third-order valence-corrected chi connectivity index (χ3v) is 2.68. The zero-order chi connectivity index (χ0) is 13.3. The van der Waals surface area contributed by atoms with E-state index in [-0.39, 0.29) is 24.8 Å². The Morgan fingerprint density at radius 3 is 2.33 bits per heavy atom. The molecule has 0 aromatic rings. The predicted molar refractivity (Wildman–Crippen MR) is 74.0 cm³/mol. The molecular weight excluding hydrogens is 280 g/mol. The van der Waals surface area contributed by atoms with E-state index in [2.05, 4.69) is 29.3 Å². The lowest BCUT2D eigenvalue weighted by Crippen LogP contribution is -2.20. The first-order valence-electron chi connectivity index (χ1n) is 5.17. The molecule has 108 valence electrons. The summed E-state index contributed by atoms with van der Waals surface area (Å²) in [7, 11) is -2.45. The summed E-state index contributed by atoms with van der Waals surface area (Å²) in [6.45, 7) is 7.86. The van der Waals surface area contributed by atoms with Gasteiger partial charge >= 0.3 is 0 Å². The van der Waals surface area contributed by atoms with Gasteiger partial charge in [-0.15, -0.1) is 12.4 Å². The monoisotopic (exact) mass is 300 g/mol. The normalized spacial score (nSPS) is 13.7. The number of nitrogens with zero attached hydrogens (tertiary/aromatic N) is 2. The lowest BCUT2D eigenvalue weighted by Gasteiger charge is -2.15. The zero-order valence-electron chi connectivity index (χ0n) is 10.7. The number of ether oxygens (including phenoxy) is 1. The predicted octanol–water partition coefficient (Wildman–Crippen LogP) is 1.14. The van der Waals surface area contributed by atoms with Crippen molar-refractivity contribution in [2.45, 2.75) is 6.92 Å². The first-order valence-corrected chi connectivity index (χ1v) is 6.78. The van der Waals surface area contributed by atoms with E-state index in [1.807, 2.05) is 17.3 Å². The summed E-state index contributed by atoms with van der Waals surface area (Å²) >= 11 is 0. The van der Waals surface area contributed by atoms with Crippen LogP contribution in [0.3, 0.4) is 0 Å². The maximum Gasteiger partial charge on any atom is 0.267 e. The van der Waals surface area contributed by atoms with E-state index < -0.39 is 10.1 Å². The highest BCUT2D eigenvalue weighted by molar-refractivity contribution is 7.85. The average molecular weight is 301 g/mol. The molecule has 0 spiro atoms. The lowest BCUT2D eigenvalue weighted by molar-refractivity contribution is 0.215. The Labute approximate surface area is 115 Å². The second-order valence-corrected chi connectivity index (χ2v) is 4.89. The van der Waals surface area contributed by atoms with Gasteiger partial charge in [0.2, 0.25) is 0 Å². The summed E-state index contributed by atoms with van der Waals surface area (Å²) in [5.41, 5.74) is 0. The van der Waals surface area contributed by atoms with Crippen LogP contribution in [-0.2, 0) is 14.9 Å².